The van der Waals surface area contributed by atoms with E-state index in [2.05, 4.69) is 17.6 Å². The number of nitrogen functional groups attached to an aromatic ring is 1. The van der Waals surface area contributed by atoms with Crippen LogP contribution in [0.5, 0.6) is 5.75 Å². The number of amides is 1. The van der Waals surface area contributed by atoms with Crippen LogP contribution in [0.2, 0.25) is 0 Å². The molecule has 1 aliphatic rings. The molecule has 1 heterocycles. The van der Waals surface area contributed by atoms with E-state index in [0.29, 0.717) is 0 Å². The van der Waals surface area contributed by atoms with Crippen LogP contribution in [0.15, 0.2) is 42.5 Å². The Balaban J connectivity index is 2.10. The highest BCUT2D eigenvalue weighted by atomic mass is 16.5. The van der Waals surface area contributed by atoms with Gasteiger partial charge in [0.2, 0.25) is 5.91 Å². The van der Waals surface area contributed by atoms with E-state index < -0.39 is 0 Å². The Bertz CT molecular complexity index is 743. The smallest absolute Gasteiger partial charge is 0.233 e. The molecule has 2 aromatic carbocycles. The molecule has 24 heavy (non-hydrogen) atoms. The van der Waals surface area contributed by atoms with Gasteiger partial charge in [0.05, 0.1) is 13.2 Å². The van der Waals surface area contributed by atoms with Crippen LogP contribution in [0.3, 0.4) is 0 Å². The first-order chi connectivity index (χ1) is 11.5. The summed E-state index contributed by atoms with van der Waals surface area (Å²) in [5, 5.41) is 1.72. The Morgan fingerprint density at radius 3 is 2.58 bits per heavy atom. The fourth-order valence-corrected chi connectivity index (χ4v) is 3.26. The number of ether oxygens (including phenoxy) is 1. The van der Waals surface area contributed by atoms with E-state index >= 15 is 0 Å². The second-order valence-corrected chi connectivity index (χ2v) is 6.24. The van der Waals surface area contributed by atoms with Crippen molar-refractivity contribution < 1.29 is 9.53 Å². The Morgan fingerprint density at radius 1 is 1.25 bits per heavy atom. The van der Waals surface area contributed by atoms with Crippen LogP contribution < -0.4 is 15.9 Å². The first-order valence-corrected chi connectivity index (χ1v) is 8.08. The van der Waals surface area contributed by atoms with Crippen molar-refractivity contribution in [1.82, 2.24) is 10.4 Å². The molecule has 0 radical (unpaired) electrons. The molecule has 0 aliphatic carbocycles. The predicted molar refractivity (Wildman–Crippen MR) is 94.5 cm³/mol. The maximum absolute atomic E-state index is 12.1. The summed E-state index contributed by atoms with van der Waals surface area (Å²) in [6, 6.07) is 13.8. The molecule has 0 saturated heterocycles. The van der Waals surface area contributed by atoms with Crippen LogP contribution in [-0.2, 0) is 11.2 Å². The minimum atomic E-state index is -0.111. The molecule has 2 aromatic rings. The number of nitrogens with two attached hydrogens (primary N) is 1. The van der Waals surface area contributed by atoms with Crippen molar-refractivity contribution in [1.29, 1.82) is 0 Å². The Labute approximate surface area is 142 Å². The van der Waals surface area contributed by atoms with Gasteiger partial charge in [-0.05, 0) is 54.3 Å². The summed E-state index contributed by atoms with van der Waals surface area (Å²) in [6.45, 7) is 3.63. The highest BCUT2D eigenvalue weighted by molar-refractivity contribution is 5.73. The average molecular weight is 325 g/mol. The molecule has 1 amide bonds. The zero-order valence-electron chi connectivity index (χ0n) is 14.2. The number of hydrogen-bond donors (Lipinski definition) is 2. The average Bonchev–Trinajstić information content (AvgIpc) is 2.71. The summed E-state index contributed by atoms with van der Waals surface area (Å²) >= 11 is 0. The molecule has 0 bridgehead atoms. The van der Waals surface area contributed by atoms with Gasteiger partial charge < -0.3 is 10.5 Å². The van der Waals surface area contributed by atoms with Gasteiger partial charge in [0.15, 0.2) is 0 Å². The van der Waals surface area contributed by atoms with Gasteiger partial charge in [-0.2, -0.15) is 0 Å². The van der Waals surface area contributed by atoms with Crippen LogP contribution in [-0.4, -0.2) is 24.1 Å². The normalized spacial score (nSPS) is 20.2. The maximum atomic E-state index is 12.1. The minimum absolute atomic E-state index is 0.00251. The number of anilines is 1. The molecule has 1 aliphatic heterocycles. The lowest BCUT2D eigenvalue weighted by molar-refractivity contribution is -0.134. The Morgan fingerprint density at radius 2 is 1.96 bits per heavy atom. The first kappa shape index (κ1) is 16.3. The molecule has 2 atom stereocenters. The Kier molecular flexibility index (Phi) is 4.44. The fraction of sp³-hybridized carbons (Fsp3) is 0.316. The van der Waals surface area contributed by atoms with Crippen molar-refractivity contribution >= 4 is 11.6 Å². The van der Waals surface area contributed by atoms with Crippen molar-refractivity contribution in [2.45, 2.75) is 32.4 Å². The molecule has 0 spiro atoms. The minimum Gasteiger partial charge on any atom is -0.497 e. The lowest BCUT2D eigenvalue weighted by Crippen LogP contribution is -2.48. The zero-order valence-corrected chi connectivity index (χ0v) is 14.2. The van der Waals surface area contributed by atoms with E-state index in [1.54, 1.807) is 19.0 Å². The van der Waals surface area contributed by atoms with Crippen LogP contribution in [0.4, 0.5) is 5.69 Å². The summed E-state index contributed by atoms with van der Waals surface area (Å²) in [4.78, 5) is 12.1. The number of rotatable bonds is 2. The van der Waals surface area contributed by atoms with Crippen molar-refractivity contribution in [2.75, 3.05) is 12.8 Å². The number of nitrogens with zero attached hydrogens (tertiary/aromatic N) is 1. The SMILES string of the molecule is COc1ccc2c(c1)CC(C)N(C(C)=O)NC2c1ccc(N)cc1. The molecule has 0 aromatic heterocycles. The summed E-state index contributed by atoms with van der Waals surface area (Å²) in [7, 11) is 1.67. The molecule has 3 N–H and O–H groups in total. The predicted octanol–water partition coefficient (Wildman–Crippen LogP) is 2.66. The Hall–Kier alpha value is -2.53. The van der Waals surface area contributed by atoms with E-state index in [4.69, 9.17) is 10.5 Å². The molecule has 126 valence electrons. The number of fused-ring (bicyclic) bond motifs is 1. The monoisotopic (exact) mass is 325 g/mol. The quantitative estimate of drug-likeness (QED) is 0.833. The molecule has 3 rings (SSSR count). The summed E-state index contributed by atoms with van der Waals surface area (Å²) < 4.78 is 5.37. The molecule has 2 unspecified atom stereocenters. The molecule has 0 saturated carbocycles. The van der Waals surface area contributed by atoms with Gasteiger partial charge in [0.1, 0.15) is 5.75 Å². The summed E-state index contributed by atoms with van der Waals surface area (Å²) in [5.41, 5.74) is 13.3. The second kappa shape index (κ2) is 6.53. The van der Waals surface area contributed by atoms with Crippen molar-refractivity contribution in [2.24, 2.45) is 0 Å². The highest BCUT2D eigenvalue weighted by Gasteiger charge is 2.29. The lowest BCUT2D eigenvalue weighted by Gasteiger charge is -2.30. The number of carbonyl (C=O) groups excluding carboxylic acids is 1. The fourth-order valence-electron chi connectivity index (χ4n) is 3.26. The molecular formula is C19H23N3O2. The molecule has 0 fully saturated rings. The van der Waals surface area contributed by atoms with Crippen molar-refractivity contribution in [3.8, 4) is 5.75 Å². The zero-order chi connectivity index (χ0) is 17.3. The van der Waals surface area contributed by atoms with Gasteiger partial charge in [-0.15, -0.1) is 0 Å². The van der Waals surface area contributed by atoms with Crippen molar-refractivity contribution in [3.05, 3.63) is 59.2 Å². The number of carbonyl (C=O) groups is 1. The lowest BCUT2D eigenvalue weighted by atomic mass is 9.92. The van der Waals surface area contributed by atoms with Crippen molar-refractivity contribution in [3.63, 3.8) is 0 Å². The van der Waals surface area contributed by atoms with Gasteiger partial charge in [-0.1, -0.05) is 18.2 Å². The first-order valence-electron chi connectivity index (χ1n) is 8.08. The van der Waals surface area contributed by atoms with Crippen LogP contribution in [0, 0.1) is 0 Å². The van der Waals surface area contributed by atoms with E-state index in [0.717, 1.165) is 29.0 Å². The topological polar surface area (TPSA) is 67.6 Å². The highest BCUT2D eigenvalue weighted by Crippen LogP contribution is 2.32. The number of benzene rings is 2. The van der Waals surface area contributed by atoms with E-state index in [1.165, 1.54) is 5.56 Å². The van der Waals surface area contributed by atoms with Crippen LogP contribution in [0.1, 0.15) is 36.6 Å². The molecule has 5 heteroatoms. The third-order valence-electron chi connectivity index (χ3n) is 4.49. The van der Waals surface area contributed by atoms with Crippen LogP contribution in [0.25, 0.3) is 0 Å². The van der Waals surface area contributed by atoms with Gasteiger partial charge in [-0.25, -0.2) is 5.43 Å². The number of hydrogen-bond acceptors (Lipinski definition) is 4. The van der Waals surface area contributed by atoms with Gasteiger partial charge in [-0.3, -0.25) is 9.80 Å². The standard InChI is InChI=1S/C19H23N3O2/c1-12-10-15-11-17(24-3)8-9-18(15)19(21-22(12)13(2)23)14-4-6-16(20)7-5-14/h4-9,11-12,19,21H,10,20H2,1-3H3. The van der Waals surface area contributed by atoms with E-state index in [1.807, 2.05) is 37.3 Å². The number of methoxy groups -OCH3 is 1. The van der Waals surface area contributed by atoms with E-state index in [9.17, 15) is 4.79 Å². The summed E-state index contributed by atoms with van der Waals surface area (Å²) in [6.07, 6.45) is 0.768. The van der Waals surface area contributed by atoms with E-state index in [-0.39, 0.29) is 18.0 Å². The number of nitrogens with one attached hydrogen (secondary N) is 1. The molecule has 5 nitrogen and oxygen atoms in total. The largest absolute Gasteiger partial charge is 0.497 e. The second-order valence-electron chi connectivity index (χ2n) is 6.24. The third kappa shape index (κ3) is 3.08. The van der Waals surface area contributed by atoms with Crippen LogP contribution >= 0.6 is 0 Å². The maximum Gasteiger partial charge on any atom is 0.233 e. The van der Waals surface area contributed by atoms with Gasteiger partial charge in [0.25, 0.3) is 0 Å². The number of hydrazine groups is 1. The summed E-state index contributed by atoms with van der Waals surface area (Å²) in [5.74, 6) is 0.830. The van der Waals surface area contributed by atoms with Gasteiger partial charge >= 0.3 is 0 Å². The molecular weight excluding hydrogens is 302 g/mol. The third-order valence-corrected chi connectivity index (χ3v) is 4.49. The van der Waals surface area contributed by atoms with Gasteiger partial charge in [0, 0.05) is 18.7 Å².